The van der Waals surface area contributed by atoms with Crippen LogP contribution < -0.4 is 5.32 Å². The lowest BCUT2D eigenvalue weighted by Crippen LogP contribution is -2.61. The molecule has 3 rings (SSSR count). The Balaban J connectivity index is 1.87. The van der Waals surface area contributed by atoms with E-state index in [1.807, 2.05) is 0 Å². The van der Waals surface area contributed by atoms with E-state index in [0.29, 0.717) is 6.04 Å². The number of rotatable bonds is 3. The van der Waals surface area contributed by atoms with Gasteiger partial charge in [-0.15, -0.1) is 0 Å². The molecule has 0 radical (unpaired) electrons. The molecule has 3 unspecified atom stereocenters. The van der Waals surface area contributed by atoms with Gasteiger partial charge < -0.3 is 5.32 Å². The fourth-order valence-electron chi connectivity index (χ4n) is 4.01. The van der Waals surface area contributed by atoms with Gasteiger partial charge in [-0.2, -0.15) is 11.8 Å². The first-order chi connectivity index (χ1) is 10.1. The minimum Gasteiger partial charge on any atom is -0.309 e. The Hall–Kier alpha value is -0.510. The Morgan fingerprint density at radius 3 is 2.67 bits per heavy atom. The lowest BCUT2D eigenvalue weighted by Gasteiger charge is -2.48. The second-order valence-corrected chi connectivity index (χ2v) is 8.21. The fraction of sp³-hybridized carbons (Fsp3) is 0.667. The number of nitrogens with one attached hydrogen (secondary N) is 1. The van der Waals surface area contributed by atoms with Gasteiger partial charge >= 0.3 is 0 Å². The SMILES string of the molecule is CSC1CCCC1N1CC(C)(C)NCC1c1ccccc1. The molecule has 3 atom stereocenters. The summed E-state index contributed by atoms with van der Waals surface area (Å²) in [5.41, 5.74) is 1.68. The molecule has 21 heavy (non-hydrogen) atoms. The van der Waals surface area contributed by atoms with Gasteiger partial charge in [0.05, 0.1) is 0 Å². The van der Waals surface area contributed by atoms with Gasteiger partial charge in [0.15, 0.2) is 0 Å². The highest BCUT2D eigenvalue weighted by Crippen LogP contribution is 2.38. The summed E-state index contributed by atoms with van der Waals surface area (Å²) in [5.74, 6) is 0. The Labute approximate surface area is 133 Å². The summed E-state index contributed by atoms with van der Waals surface area (Å²) in [6, 6.07) is 12.3. The van der Waals surface area contributed by atoms with Gasteiger partial charge in [0.25, 0.3) is 0 Å². The van der Waals surface area contributed by atoms with Gasteiger partial charge in [0.2, 0.25) is 0 Å². The van der Waals surface area contributed by atoms with Crippen LogP contribution in [0.5, 0.6) is 0 Å². The third-order valence-electron chi connectivity index (χ3n) is 5.08. The van der Waals surface area contributed by atoms with Gasteiger partial charge in [-0.1, -0.05) is 36.8 Å². The number of piperazine rings is 1. The molecule has 1 saturated heterocycles. The largest absolute Gasteiger partial charge is 0.309 e. The first-order valence-corrected chi connectivity index (χ1v) is 9.48. The predicted octanol–water partition coefficient (Wildman–Crippen LogP) is 3.70. The highest BCUT2D eigenvalue weighted by molar-refractivity contribution is 7.99. The molecule has 0 amide bonds. The number of thioether (sulfide) groups is 1. The van der Waals surface area contributed by atoms with Crippen LogP contribution in [0, 0.1) is 0 Å². The molecule has 1 aromatic rings. The number of hydrogen-bond donors (Lipinski definition) is 1. The molecule has 2 fully saturated rings. The molecule has 0 spiro atoms. The zero-order chi connectivity index (χ0) is 14.9. The van der Waals surface area contributed by atoms with Gasteiger partial charge in [-0.05, 0) is 38.5 Å². The number of hydrogen-bond acceptors (Lipinski definition) is 3. The summed E-state index contributed by atoms with van der Waals surface area (Å²) < 4.78 is 0. The minimum absolute atomic E-state index is 0.219. The van der Waals surface area contributed by atoms with Crippen molar-refractivity contribution in [2.24, 2.45) is 0 Å². The van der Waals surface area contributed by atoms with Crippen LogP contribution in [0.2, 0.25) is 0 Å². The van der Waals surface area contributed by atoms with Crippen molar-refractivity contribution in [2.45, 2.75) is 56.0 Å². The Morgan fingerprint density at radius 2 is 1.95 bits per heavy atom. The van der Waals surface area contributed by atoms with Gasteiger partial charge in [-0.25, -0.2) is 0 Å². The smallest absolute Gasteiger partial charge is 0.0477 e. The number of nitrogens with zero attached hydrogens (tertiary/aromatic N) is 1. The van der Waals surface area contributed by atoms with Crippen LogP contribution in [0.25, 0.3) is 0 Å². The monoisotopic (exact) mass is 304 g/mol. The van der Waals surface area contributed by atoms with Crippen LogP contribution >= 0.6 is 11.8 Å². The Morgan fingerprint density at radius 1 is 1.19 bits per heavy atom. The van der Waals surface area contributed by atoms with Crippen molar-refractivity contribution in [2.75, 3.05) is 19.3 Å². The highest BCUT2D eigenvalue weighted by Gasteiger charge is 2.41. The van der Waals surface area contributed by atoms with Crippen molar-refractivity contribution in [1.29, 1.82) is 0 Å². The van der Waals surface area contributed by atoms with Crippen molar-refractivity contribution in [3.8, 4) is 0 Å². The average molecular weight is 305 g/mol. The maximum atomic E-state index is 3.74. The molecule has 2 nitrogen and oxygen atoms in total. The first kappa shape index (κ1) is 15.4. The van der Waals surface area contributed by atoms with Gasteiger partial charge in [-0.3, -0.25) is 4.90 Å². The van der Waals surface area contributed by atoms with E-state index in [-0.39, 0.29) is 5.54 Å². The third kappa shape index (κ3) is 3.30. The molecule has 2 aliphatic rings. The zero-order valence-electron chi connectivity index (χ0n) is 13.5. The maximum absolute atomic E-state index is 3.74. The van der Waals surface area contributed by atoms with Gasteiger partial charge in [0, 0.05) is 36.0 Å². The van der Waals surface area contributed by atoms with Crippen molar-refractivity contribution in [3.63, 3.8) is 0 Å². The normalized spacial score (nSPS) is 33.2. The molecule has 0 aromatic heterocycles. The van der Waals surface area contributed by atoms with E-state index in [0.717, 1.165) is 24.4 Å². The summed E-state index contributed by atoms with van der Waals surface area (Å²) in [7, 11) is 0. The van der Waals surface area contributed by atoms with Crippen LogP contribution in [0.15, 0.2) is 30.3 Å². The zero-order valence-corrected chi connectivity index (χ0v) is 14.3. The van der Waals surface area contributed by atoms with Crippen LogP contribution in [0.4, 0.5) is 0 Å². The molecule has 3 heteroatoms. The van der Waals surface area contributed by atoms with E-state index >= 15 is 0 Å². The molecule has 0 bridgehead atoms. The predicted molar refractivity (Wildman–Crippen MR) is 92.9 cm³/mol. The second-order valence-electron chi connectivity index (χ2n) is 7.14. The van der Waals surface area contributed by atoms with E-state index in [1.54, 1.807) is 0 Å². The lowest BCUT2D eigenvalue weighted by atomic mass is 9.92. The molecule has 116 valence electrons. The Bertz CT molecular complexity index is 460. The minimum atomic E-state index is 0.219. The molecule has 1 aliphatic carbocycles. The molecule has 1 heterocycles. The maximum Gasteiger partial charge on any atom is 0.0477 e. The molecule has 1 saturated carbocycles. The lowest BCUT2D eigenvalue weighted by molar-refractivity contribution is 0.0573. The Kier molecular flexibility index (Phi) is 4.63. The van der Waals surface area contributed by atoms with E-state index in [2.05, 4.69) is 72.4 Å². The van der Waals surface area contributed by atoms with Crippen molar-refractivity contribution >= 4 is 11.8 Å². The first-order valence-electron chi connectivity index (χ1n) is 8.19. The van der Waals surface area contributed by atoms with E-state index in [9.17, 15) is 0 Å². The topological polar surface area (TPSA) is 15.3 Å². The van der Waals surface area contributed by atoms with E-state index in [4.69, 9.17) is 0 Å². The van der Waals surface area contributed by atoms with Gasteiger partial charge in [0.1, 0.15) is 0 Å². The van der Waals surface area contributed by atoms with E-state index < -0.39 is 0 Å². The van der Waals surface area contributed by atoms with E-state index in [1.165, 1.54) is 24.8 Å². The second kappa shape index (κ2) is 6.31. The third-order valence-corrected chi connectivity index (χ3v) is 6.24. The van der Waals surface area contributed by atoms with Crippen LogP contribution in [-0.4, -0.2) is 41.1 Å². The summed E-state index contributed by atoms with van der Waals surface area (Å²) in [5, 5.41) is 4.56. The fourth-order valence-corrected chi connectivity index (χ4v) is 5.02. The van der Waals surface area contributed by atoms with Crippen LogP contribution in [-0.2, 0) is 0 Å². The van der Waals surface area contributed by atoms with Crippen LogP contribution in [0.1, 0.15) is 44.7 Å². The standard InChI is InChI=1S/C18H28N2S/c1-18(2)13-20(15-10-7-11-17(15)21-3)16(12-19-18)14-8-5-4-6-9-14/h4-6,8-9,15-17,19H,7,10-13H2,1-3H3. The summed E-state index contributed by atoms with van der Waals surface area (Å²) in [6.45, 7) is 6.89. The summed E-state index contributed by atoms with van der Waals surface area (Å²) >= 11 is 2.07. The summed E-state index contributed by atoms with van der Waals surface area (Å²) in [6.07, 6.45) is 6.43. The highest BCUT2D eigenvalue weighted by atomic mass is 32.2. The molecule has 1 N–H and O–H groups in total. The van der Waals surface area contributed by atoms with Crippen molar-refractivity contribution in [3.05, 3.63) is 35.9 Å². The van der Waals surface area contributed by atoms with Crippen molar-refractivity contribution in [1.82, 2.24) is 10.2 Å². The average Bonchev–Trinajstić information content (AvgIpc) is 2.95. The van der Waals surface area contributed by atoms with Crippen molar-refractivity contribution < 1.29 is 0 Å². The molecular weight excluding hydrogens is 276 g/mol. The summed E-state index contributed by atoms with van der Waals surface area (Å²) in [4.78, 5) is 2.81. The molecule has 1 aliphatic heterocycles. The molecular formula is C18H28N2S. The molecule has 1 aromatic carbocycles. The van der Waals surface area contributed by atoms with Crippen LogP contribution in [0.3, 0.4) is 0 Å². The quantitative estimate of drug-likeness (QED) is 0.917. The number of benzene rings is 1.